The second kappa shape index (κ2) is 4.58. The zero-order valence-electron chi connectivity index (χ0n) is 9.58. The average molecular weight is 251 g/mol. The molecular weight excluding hydrogens is 238 g/mol. The van der Waals surface area contributed by atoms with Gasteiger partial charge >= 0.3 is 5.97 Å². The first-order valence-electron chi connectivity index (χ1n) is 5.09. The predicted octanol–water partition coefficient (Wildman–Crippen LogP) is 1.93. The molecule has 0 aliphatic carbocycles. The van der Waals surface area contributed by atoms with E-state index in [1.807, 2.05) is 16.8 Å². The molecule has 2 N–H and O–H groups in total. The minimum absolute atomic E-state index is 0.364. The fraction of sp³-hybridized carbons (Fsp3) is 0.273. The SMILES string of the molecule is COC(=O)[C@@H](C)n1nc(-c2ccsc2)cc1N. The van der Waals surface area contributed by atoms with Gasteiger partial charge < -0.3 is 10.5 Å². The molecule has 2 aromatic rings. The van der Waals surface area contributed by atoms with Gasteiger partial charge in [0.25, 0.3) is 0 Å². The largest absolute Gasteiger partial charge is 0.467 e. The number of rotatable bonds is 3. The first-order valence-corrected chi connectivity index (χ1v) is 6.03. The Morgan fingerprint density at radius 2 is 2.41 bits per heavy atom. The van der Waals surface area contributed by atoms with Crippen molar-refractivity contribution in [1.82, 2.24) is 9.78 Å². The van der Waals surface area contributed by atoms with Gasteiger partial charge in [0.2, 0.25) is 0 Å². The van der Waals surface area contributed by atoms with Crippen LogP contribution in [0.3, 0.4) is 0 Å². The van der Waals surface area contributed by atoms with Gasteiger partial charge in [0.15, 0.2) is 0 Å². The zero-order valence-corrected chi connectivity index (χ0v) is 10.4. The van der Waals surface area contributed by atoms with Gasteiger partial charge in [0, 0.05) is 17.0 Å². The maximum atomic E-state index is 11.4. The summed E-state index contributed by atoms with van der Waals surface area (Å²) in [5, 5.41) is 8.27. The van der Waals surface area contributed by atoms with E-state index in [0.717, 1.165) is 11.3 Å². The summed E-state index contributed by atoms with van der Waals surface area (Å²) in [4.78, 5) is 11.4. The van der Waals surface area contributed by atoms with Crippen LogP contribution in [0.15, 0.2) is 22.9 Å². The lowest BCUT2D eigenvalue weighted by Crippen LogP contribution is -2.20. The van der Waals surface area contributed by atoms with Crippen molar-refractivity contribution in [2.75, 3.05) is 12.8 Å². The number of hydrogen-bond donors (Lipinski definition) is 1. The molecule has 0 saturated carbocycles. The highest BCUT2D eigenvalue weighted by Crippen LogP contribution is 2.24. The number of ether oxygens (including phenoxy) is 1. The summed E-state index contributed by atoms with van der Waals surface area (Å²) in [6.45, 7) is 1.70. The molecule has 6 heteroatoms. The number of hydrogen-bond acceptors (Lipinski definition) is 5. The molecule has 2 rings (SSSR count). The van der Waals surface area contributed by atoms with E-state index in [1.165, 1.54) is 11.8 Å². The first kappa shape index (κ1) is 11.7. The minimum atomic E-state index is -0.521. The fourth-order valence-electron chi connectivity index (χ4n) is 1.54. The van der Waals surface area contributed by atoms with E-state index in [1.54, 1.807) is 24.3 Å². The van der Waals surface area contributed by atoms with Crippen LogP contribution in [0, 0.1) is 0 Å². The van der Waals surface area contributed by atoms with Crippen LogP contribution < -0.4 is 5.73 Å². The van der Waals surface area contributed by atoms with Gasteiger partial charge in [-0.15, -0.1) is 0 Å². The van der Waals surface area contributed by atoms with Gasteiger partial charge in [0.05, 0.1) is 12.8 Å². The third-order valence-corrected chi connectivity index (χ3v) is 3.17. The number of nitrogen functional groups attached to an aromatic ring is 1. The molecule has 90 valence electrons. The number of esters is 1. The highest BCUT2D eigenvalue weighted by atomic mass is 32.1. The van der Waals surface area contributed by atoms with E-state index in [0.29, 0.717) is 5.82 Å². The molecule has 0 spiro atoms. The highest BCUT2D eigenvalue weighted by molar-refractivity contribution is 7.08. The molecule has 0 unspecified atom stereocenters. The van der Waals surface area contributed by atoms with Crippen molar-refractivity contribution < 1.29 is 9.53 Å². The van der Waals surface area contributed by atoms with Crippen molar-refractivity contribution >= 4 is 23.1 Å². The van der Waals surface area contributed by atoms with Gasteiger partial charge in [-0.1, -0.05) is 0 Å². The van der Waals surface area contributed by atoms with E-state index in [2.05, 4.69) is 9.84 Å². The van der Waals surface area contributed by atoms with Crippen LogP contribution in [0.1, 0.15) is 13.0 Å². The molecule has 0 aliphatic rings. The average Bonchev–Trinajstić information content (AvgIpc) is 2.95. The third kappa shape index (κ3) is 2.16. The smallest absolute Gasteiger partial charge is 0.330 e. The molecular formula is C11H13N3O2S. The van der Waals surface area contributed by atoms with Gasteiger partial charge in [-0.05, 0) is 18.4 Å². The normalized spacial score (nSPS) is 12.4. The molecule has 0 radical (unpaired) electrons. The molecule has 0 fully saturated rings. The summed E-state index contributed by atoms with van der Waals surface area (Å²) < 4.78 is 6.14. The highest BCUT2D eigenvalue weighted by Gasteiger charge is 2.19. The Hall–Kier alpha value is -1.82. The van der Waals surface area contributed by atoms with E-state index >= 15 is 0 Å². The maximum absolute atomic E-state index is 11.4. The van der Waals surface area contributed by atoms with Crippen LogP contribution in [0.4, 0.5) is 5.82 Å². The zero-order chi connectivity index (χ0) is 12.4. The van der Waals surface area contributed by atoms with E-state index in [9.17, 15) is 4.79 Å². The number of carbonyl (C=O) groups is 1. The number of methoxy groups -OCH3 is 1. The molecule has 17 heavy (non-hydrogen) atoms. The number of thiophene rings is 1. The molecule has 2 heterocycles. The number of aromatic nitrogens is 2. The lowest BCUT2D eigenvalue weighted by Gasteiger charge is -2.10. The second-order valence-electron chi connectivity index (χ2n) is 3.61. The van der Waals surface area contributed by atoms with Crippen LogP contribution in [0.25, 0.3) is 11.3 Å². The number of nitrogens with two attached hydrogens (primary N) is 1. The Balaban J connectivity index is 2.34. The van der Waals surface area contributed by atoms with E-state index in [-0.39, 0.29) is 5.97 Å². The minimum Gasteiger partial charge on any atom is -0.467 e. The second-order valence-corrected chi connectivity index (χ2v) is 4.39. The topological polar surface area (TPSA) is 70.1 Å². The van der Waals surface area contributed by atoms with Crippen molar-refractivity contribution in [2.45, 2.75) is 13.0 Å². The van der Waals surface area contributed by atoms with Crippen LogP contribution >= 0.6 is 11.3 Å². The van der Waals surface area contributed by atoms with Crippen LogP contribution in [0.5, 0.6) is 0 Å². The van der Waals surface area contributed by atoms with Crippen molar-refractivity contribution in [2.24, 2.45) is 0 Å². The summed E-state index contributed by atoms with van der Waals surface area (Å²) in [6.07, 6.45) is 0. The lowest BCUT2D eigenvalue weighted by molar-refractivity contribution is -0.144. The molecule has 2 aromatic heterocycles. The number of carbonyl (C=O) groups excluding carboxylic acids is 1. The maximum Gasteiger partial charge on any atom is 0.330 e. The Morgan fingerprint density at radius 3 is 3.00 bits per heavy atom. The summed E-state index contributed by atoms with van der Waals surface area (Å²) in [6, 6.07) is 3.19. The number of nitrogens with zero attached hydrogens (tertiary/aromatic N) is 2. The van der Waals surface area contributed by atoms with Crippen LogP contribution in [0.2, 0.25) is 0 Å². The van der Waals surface area contributed by atoms with Crippen LogP contribution in [-0.4, -0.2) is 22.9 Å². The molecule has 0 aromatic carbocycles. The van der Waals surface area contributed by atoms with Gasteiger partial charge in [0.1, 0.15) is 11.9 Å². The van der Waals surface area contributed by atoms with Crippen molar-refractivity contribution in [3.63, 3.8) is 0 Å². The Labute approximate surface area is 103 Å². The monoisotopic (exact) mass is 251 g/mol. The van der Waals surface area contributed by atoms with Crippen LogP contribution in [-0.2, 0) is 9.53 Å². The predicted molar refractivity (Wildman–Crippen MR) is 66.7 cm³/mol. The molecule has 0 aliphatic heterocycles. The standard InChI is InChI=1S/C11H13N3O2S/c1-7(11(15)16-2)14-10(12)5-9(13-14)8-3-4-17-6-8/h3-7H,12H2,1-2H3/t7-/m1/s1. The summed E-state index contributed by atoms with van der Waals surface area (Å²) in [5.74, 6) is 0.0840. The van der Waals surface area contributed by atoms with Crippen molar-refractivity contribution in [1.29, 1.82) is 0 Å². The van der Waals surface area contributed by atoms with Gasteiger partial charge in [-0.25, -0.2) is 9.48 Å². The van der Waals surface area contributed by atoms with Crippen molar-refractivity contribution in [3.8, 4) is 11.3 Å². The molecule has 0 saturated heterocycles. The molecule has 0 bridgehead atoms. The van der Waals surface area contributed by atoms with E-state index in [4.69, 9.17) is 5.73 Å². The summed E-state index contributed by atoms with van der Waals surface area (Å²) in [7, 11) is 1.35. The fourth-order valence-corrected chi connectivity index (χ4v) is 2.19. The molecule has 1 atom stereocenters. The molecule has 5 nitrogen and oxygen atoms in total. The van der Waals surface area contributed by atoms with Gasteiger partial charge in [-0.2, -0.15) is 16.4 Å². The summed E-state index contributed by atoms with van der Waals surface area (Å²) >= 11 is 1.59. The third-order valence-electron chi connectivity index (χ3n) is 2.49. The Morgan fingerprint density at radius 1 is 1.65 bits per heavy atom. The van der Waals surface area contributed by atoms with Crippen molar-refractivity contribution in [3.05, 3.63) is 22.9 Å². The molecule has 0 amide bonds. The van der Waals surface area contributed by atoms with Gasteiger partial charge in [-0.3, -0.25) is 0 Å². The number of anilines is 1. The Bertz CT molecular complexity index is 519. The van der Waals surface area contributed by atoms with E-state index < -0.39 is 6.04 Å². The quantitative estimate of drug-likeness (QED) is 0.846. The summed E-state index contributed by atoms with van der Waals surface area (Å²) in [5.41, 5.74) is 7.60. The Kier molecular flexibility index (Phi) is 3.14. The first-order chi connectivity index (χ1) is 8.13. The lowest BCUT2D eigenvalue weighted by atomic mass is 10.2.